The zero-order valence-corrected chi connectivity index (χ0v) is 17.0. The molecule has 31 heavy (non-hydrogen) atoms. The fraction of sp³-hybridized carbons (Fsp3) is 0.136. The van der Waals surface area contributed by atoms with E-state index in [-0.39, 0.29) is 12.2 Å². The zero-order valence-electron chi connectivity index (χ0n) is 16.2. The lowest BCUT2D eigenvalue weighted by molar-refractivity contribution is -0.116. The van der Waals surface area contributed by atoms with E-state index in [1.165, 1.54) is 15.9 Å². The van der Waals surface area contributed by atoms with Crippen LogP contribution in [0.1, 0.15) is 5.56 Å². The monoisotopic (exact) mass is 441 g/mol. The van der Waals surface area contributed by atoms with Gasteiger partial charge < -0.3 is 5.32 Å². The summed E-state index contributed by atoms with van der Waals surface area (Å²) in [6, 6.07) is 13.8. The Kier molecular flexibility index (Phi) is 5.77. The Bertz CT molecular complexity index is 1380. The molecule has 1 amide bonds. The highest BCUT2D eigenvalue weighted by atomic mass is 32.1. The topological polar surface area (TPSA) is 73.1 Å². The summed E-state index contributed by atoms with van der Waals surface area (Å²) in [5.74, 6) is -2.36. The molecule has 4 rings (SSSR count). The average Bonchev–Trinajstić information content (AvgIpc) is 3.24. The van der Waals surface area contributed by atoms with Gasteiger partial charge in [-0.3, -0.25) is 18.7 Å². The van der Waals surface area contributed by atoms with Gasteiger partial charge in [0.1, 0.15) is 22.9 Å². The van der Waals surface area contributed by atoms with Crippen molar-refractivity contribution in [3.8, 4) is 0 Å². The van der Waals surface area contributed by atoms with Gasteiger partial charge in [0.15, 0.2) is 0 Å². The summed E-state index contributed by atoms with van der Waals surface area (Å²) < 4.78 is 29.6. The van der Waals surface area contributed by atoms with Gasteiger partial charge in [0.05, 0.1) is 11.2 Å². The molecule has 0 aliphatic rings. The van der Waals surface area contributed by atoms with Gasteiger partial charge in [-0.1, -0.05) is 30.3 Å². The zero-order chi connectivity index (χ0) is 22.0. The van der Waals surface area contributed by atoms with Crippen LogP contribution in [0, 0.1) is 11.6 Å². The number of fused-ring (bicyclic) bond motifs is 1. The first-order chi connectivity index (χ1) is 14.9. The maximum absolute atomic E-state index is 13.8. The van der Waals surface area contributed by atoms with Gasteiger partial charge in [-0.25, -0.2) is 13.6 Å². The van der Waals surface area contributed by atoms with Crippen molar-refractivity contribution in [1.29, 1.82) is 0 Å². The number of carbonyl (C=O) groups is 1. The van der Waals surface area contributed by atoms with Crippen molar-refractivity contribution < 1.29 is 13.6 Å². The predicted molar refractivity (Wildman–Crippen MR) is 115 cm³/mol. The molecule has 0 radical (unpaired) electrons. The fourth-order valence-electron chi connectivity index (χ4n) is 3.29. The molecule has 4 aromatic rings. The summed E-state index contributed by atoms with van der Waals surface area (Å²) in [5, 5.41) is 4.01. The second-order valence-electron chi connectivity index (χ2n) is 6.87. The number of aromatic nitrogens is 2. The second-order valence-corrected chi connectivity index (χ2v) is 7.78. The molecule has 2 heterocycles. The van der Waals surface area contributed by atoms with Crippen molar-refractivity contribution in [2.45, 2.75) is 19.5 Å². The van der Waals surface area contributed by atoms with Crippen LogP contribution in [0.2, 0.25) is 0 Å². The van der Waals surface area contributed by atoms with E-state index in [0.717, 1.165) is 22.3 Å². The van der Waals surface area contributed by atoms with E-state index in [1.807, 2.05) is 30.3 Å². The van der Waals surface area contributed by atoms with Gasteiger partial charge in [-0.15, -0.1) is 11.3 Å². The fourth-order valence-corrected chi connectivity index (χ4v) is 4.14. The largest absolute Gasteiger partial charge is 0.332 e. The number of anilines is 1. The Labute approximate surface area is 179 Å². The molecule has 9 heteroatoms. The van der Waals surface area contributed by atoms with Crippen LogP contribution in [0.5, 0.6) is 0 Å². The summed E-state index contributed by atoms with van der Waals surface area (Å²) in [7, 11) is 0. The van der Waals surface area contributed by atoms with E-state index in [9.17, 15) is 23.2 Å². The van der Waals surface area contributed by atoms with Crippen molar-refractivity contribution >= 4 is 33.1 Å². The molecule has 0 fully saturated rings. The number of carbonyl (C=O) groups excluding carboxylic acids is 1. The van der Waals surface area contributed by atoms with Crippen molar-refractivity contribution in [3.63, 3.8) is 0 Å². The maximum Gasteiger partial charge on any atom is 0.332 e. The van der Waals surface area contributed by atoms with Gasteiger partial charge in [0, 0.05) is 12.6 Å². The minimum absolute atomic E-state index is 0.156. The van der Waals surface area contributed by atoms with Gasteiger partial charge in [-0.2, -0.15) is 0 Å². The van der Waals surface area contributed by atoms with Crippen LogP contribution in [0.15, 0.2) is 69.6 Å². The van der Waals surface area contributed by atoms with Crippen molar-refractivity contribution in [1.82, 2.24) is 9.13 Å². The van der Waals surface area contributed by atoms with Crippen molar-refractivity contribution in [2.24, 2.45) is 0 Å². The standard InChI is InChI=1S/C22H17F2N3O3S/c23-15-6-7-17(16(24)12-15)25-19(28)13-27-18-9-11-31-20(18)21(29)26(22(27)30)10-8-14-4-2-1-3-5-14/h1-7,9,11-12H,8,10,13H2,(H,25,28). The molecule has 2 aromatic carbocycles. The lowest BCUT2D eigenvalue weighted by Gasteiger charge is -2.13. The highest BCUT2D eigenvalue weighted by Gasteiger charge is 2.17. The molecular weight excluding hydrogens is 424 g/mol. The summed E-state index contributed by atoms with van der Waals surface area (Å²) in [4.78, 5) is 38.4. The minimum Gasteiger partial charge on any atom is -0.322 e. The summed E-state index contributed by atoms with van der Waals surface area (Å²) in [5.41, 5.74) is 0.0778. The number of halogens is 2. The highest BCUT2D eigenvalue weighted by molar-refractivity contribution is 7.17. The molecule has 0 aliphatic carbocycles. The lowest BCUT2D eigenvalue weighted by atomic mass is 10.1. The molecule has 6 nitrogen and oxygen atoms in total. The SMILES string of the molecule is O=C(Cn1c(=O)n(CCc2ccccc2)c(=O)c2sccc21)Nc1ccc(F)cc1F. The molecule has 0 saturated carbocycles. The van der Waals surface area contributed by atoms with E-state index >= 15 is 0 Å². The number of thiophene rings is 1. The first-order valence-electron chi connectivity index (χ1n) is 9.43. The summed E-state index contributed by atoms with van der Waals surface area (Å²) >= 11 is 1.18. The number of hydrogen-bond donors (Lipinski definition) is 1. The molecule has 1 N–H and O–H groups in total. The Morgan fingerprint density at radius 3 is 2.52 bits per heavy atom. The molecule has 0 unspecified atom stereocenters. The van der Waals surface area contributed by atoms with E-state index < -0.39 is 35.3 Å². The number of hydrogen-bond acceptors (Lipinski definition) is 4. The summed E-state index contributed by atoms with van der Waals surface area (Å²) in [6.45, 7) is -0.266. The Hall–Kier alpha value is -3.59. The third-order valence-corrected chi connectivity index (χ3v) is 5.70. The molecular formula is C22H17F2N3O3S. The smallest absolute Gasteiger partial charge is 0.322 e. The first kappa shape index (κ1) is 20.7. The minimum atomic E-state index is -0.922. The number of rotatable bonds is 6. The van der Waals surface area contributed by atoms with Gasteiger partial charge in [0.25, 0.3) is 5.56 Å². The summed E-state index contributed by atoms with van der Waals surface area (Å²) in [6.07, 6.45) is 0.472. The highest BCUT2D eigenvalue weighted by Crippen LogP contribution is 2.17. The molecule has 0 spiro atoms. The predicted octanol–water partition coefficient (Wildman–Crippen LogP) is 3.38. The van der Waals surface area contributed by atoms with Crippen LogP contribution < -0.4 is 16.6 Å². The average molecular weight is 441 g/mol. The number of benzene rings is 2. The first-order valence-corrected chi connectivity index (χ1v) is 10.3. The van der Waals surface area contributed by atoms with E-state index in [4.69, 9.17) is 0 Å². The van der Waals surface area contributed by atoms with E-state index in [0.29, 0.717) is 22.7 Å². The van der Waals surface area contributed by atoms with Crippen LogP contribution >= 0.6 is 11.3 Å². The molecule has 0 atom stereocenters. The second kappa shape index (κ2) is 8.65. The third kappa shape index (κ3) is 4.31. The number of aryl methyl sites for hydroxylation is 1. The molecule has 2 aromatic heterocycles. The molecule has 0 saturated heterocycles. The quantitative estimate of drug-likeness (QED) is 0.499. The van der Waals surface area contributed by atoms with Crippen LogP contribution in [-0.4, -0.2) is 15.0 Å². The normalized spacial score (nSPS) is 11.0. The van der Waals surface area contributed by atoms with Crippen molar-refractivity contribution in [3.05, 3.63) is 98.0 Å². The number of amides is 1. The molecule has 158 valence electrons. The molecule has 0 bridgehead atoms. The van der Waals surface area contributed by atoms with Crippen LogP contribution in [0.25, 0.3) is 10.2 Å². The van der Waals surface area contributed by atoms with Gasteiger partial charge in [-0.05, 0) is 35.6 Å². The lowest BCUT2D eigenvalue weighted by Crippen LogP contribution is -2.41. The Morgan fingerprint density at radius 1 is 1.00 bits per heavy atom. The van der Waals surface area contributed by atoms with Gasteiger partial charge >= 0.3 is 5.69 Å². The third-order valence-electron chi connectivity index (χ3n) is 4.81. The molecule has 0 aliphatic heterocycles. The van der Waals surface area contributed by atoms with E-state index in [1.54, 1.807) is 11.4 Å². The maximum atomic E-state index is 13.8. The van der Waals surface area contributed by atoms with Crippen LogP contribution in [0.4, 0.5) is 14.5 Å². The number of nitrogens with one attached hydrogen (secondary N) is 1. The Morgan fingerprint density at radius 2 is 1.77 bits per heavy atom. The van der Waals surface area contributed by atoms with Crippen molar-refractivity contribution in [2.75, 3.05) is 5.32 Å². The number of nitrogens with zero attached hydrogens (tertiary/aromatic N) is 2. The van der Waals surface area contributed by atoms with E-state index in [2.05, 4.69) is 5.32 Å². The van der Waals surface area contributed by atoms with Crippen LogP contribution in [-0.2, 0) is 24.3 Å². The van der Waals surface area contributed by atoms with Gasteiger partial charge in [0.2, 0.25) is 5.91 Å². The Balaban J connectivity index is 1.65. The van der Waals surface area contributed by atoms with Crippen LogP contribution in [0.3, 0.4) is 0 Å².